The van der Waals surface area contributed by atoms with Gasteiger partial charge in [-0.15, -0.1) is 11.3 Å². The highest BCUT2D eigenvalue weighted by Gasteiger charge is 2.11. The maximum atomic E-state index is 5.04. The summed E-state index contributed by atoms with van der Waals surface area (Å²) in [5.41, 5.74) is 0. The molecule has 2 aromatic rings. The van der Waals surface area contributed by atoms with E-state index in [4.69, 9.17) is 4.74 Å². The average molecular weight is 279 g/mol. The summed E-state index contributed by atoms with van der Waals surface area (Å²) in [6, 6.07) is 4.79. The van der Waals surface area contributed by atoms with Crippen LogP contribution in [0.15, 0.2) is 24.5 Å². The fourth-order valence-electron chi connectivity index (χ4n) is 2.05. The Kier molecular flexibility index (Phi) is 4.99. The summed E-state index contributed by atoms with van der Waals surface area (Å²) in [5.74, 6) is 0.915. The number of thiophene rings is 1. The molecule has 2 heterocycles. The number of methoxy groups -OCH3 is 1. The van der Waals surface area contributed by atoms with Gasteiger partial charge in [-0.05, 0) is 26.0 Å². The van der Waals surface area contributed by atoms with Crippen LogP contribution >= 0.6 is 11.3 Å². The van der Waals surface area contributed by atoms with Crippen LogP contribution in [0.3, 0.4) is 0 Å². The smallest absolute Gasteiger partial charge is 0.203 e. The Labute approximate surface area is 118 Å². The highest BCUT2D eigenvalue weighted by atomic mass is 32.1. The molecule has 0 aromatic carbocycles. The maximum absolute atomic E-state index is 5.04. The van der Waals surface area contributed by atoms with Crippen LogP contribution in [-0.2, 0) is 11.2 Å². The summed E-state index contributed by atoms with van der Waals surface area (Å²) in [6.07, 6.45) is 4.90. The van der Waals surface area contributed by atoms with E-state index in [1.165, 1.54) is 9.75 Å². The van der Waals surface area contributed by atoms with Crippen molar-refractivity contribution >= 4 is 17.3 Å². The van der Waals surface area contributed by atoms with Gasteiger partial charge in [-0.25, -0.2) is 4.98 Å². The predicted molar refractivity (Wildman–Crippen MR) is 80.1 cm³/mol. The van der Waals surface area contributed by atoms with Crippen molar-refractivity contribution in [2.45, 2.75) is 26.3 Å². The third kappa shape index (κ3) is 3.81. The van der Waals surface area contributed by atoms with Crippen LogP contribution in [-0.4, -0.2) is 29.8 Å². The van der Waals surface area contributed by atoms with Gasteiger partial charge in [0.05, 0.1) is 6.61 Å². The number of rotatable bonds is 7. The fourth-order valence-corrected chi connectivity index (χ4v) is 3.07. The summed E-state index contributed by atoms with van der Waals surface area (Å²) >= 11 is 1.87. The third-order valence-corrected chi connectivity index (χ3v) is 4.05. The van der Waals surface area contributed by atoms with E-state index < -0.39 is 0 Å². The Morgan fingerprint density at radius 3 is 3.00 bits per heavy atom. The van der Waals surface area contributed by atoms with Gasteiger partial charge < -0.3 is 14.6 Å². The molecule has 5 heteroatoms. The molecule has 0 saturated heterocycles. The van der Waals surface area contributed by atoms with Gasteiger partial charge in [0, 0.05) is 48.3 Å². The first kappa shape index (κ1) is 14.1. The lowest BCUT2D eigenvalue weighted by Gasteiger charge is -2.16. The van der Waals surface area contributed by atoms with Crippen molar-refractivity contribution in [3.05, 3.63) is 34.3 Å². The Hall–Kier alpha value is -1.33. The van der Waals surface area contributed by atoms with E-state index in [-0.39, 0.29) is 0 Å². The molecule has 0 saturated carbocycles. The van der Waals surface area contributed by atoms with E-state index in [0.29, 0.717) is 12.6 Å². The van der Waals surface area contributed by atoms with Gasteiger partial charge in [-0.2, -0.15) is 0 Å². The molecule has 0 aliphatic carbocycles. The van der Waals surface area contributed by atoms with Crippen LogP contribution in [0.1, 0.15) is 22.7 Å². The number of imidazole rings is 1. The largest absolute Gasteiger partial charge is 0.383 e. The molecule has 0 radical (unpaired) electrons. The van der Waals surface area contributed by atoms with Crippen LogP contribution in [0.25, 0.3) is 0 Å². The van der Waals surface area contributed by atoms with E-state index in [9.17, 15) is 0 Å². The molecule has 1 N–H and O–H groups in total. The molecule has 0 aliphatic heterocycles. The highest BCUT2D eigenvalue weighted by Crippen LogP contribution is 2.23. The molecule has 1 atom stereocenters. The van der Waals surface area contributed by atoms with Gasteiger partial charge in [0.15, 0.2) is 0 Å². The Morgan fingerprint density at radius 1 is 1.47 bits per heavy atom. The number of nitrogens with one attached hydrogen (secondary N) is 1. The van der Waals surface area contributed by atoms with Crippen LogP contribution in [0.2, 0.25) is 0 Å². The molecule has 2 aromatic heterocycles. The summed E-state index contributed by atoms with van der Waals surface area (Å²) in [4.78, 5) is 7.14. The molecule has 0 fully saturated rings. The summed E-state index contributed by atoms with van der Waals surface area (Å²) in [6.45, 7) is 5.83. The first-order valence-electron chi connectivity index (χ1n) is 6.51. The summed E-state index contributed by atoms with van der Waals surface area (Å²) in [7, 11) is 1.70. The monoisotopic (exact) mass is 279 g/mol. The van der Waals surface area contributed by atoms with Crippen molar-refractivity contribution in [2.24, 2.45) is 0 Å². The second kappa shape index (κ2) is 6.73. The van der Waals surface area contributed by atoms with E-state index in [1.54, 1.807) is 7.11 Å². The maximum Gasteiger partial charge on any atom is 0.203 e. The molecular formula is C14H21N3OS. The predicted octanol–water partition coefficient (Wildman–Crippen LogP) is 3.12. The van der Waals surface area contributed by atoms with Gasteiger partial charge in [0.25, 0.3) is 0 Å². The van der Waals surface area contributed by atoms with E-state index in [0.717, 1.165) is 18.9 Å². The zero-order valence-corrected chi connectivity index (χ0v) is 12.5. The SMILES string of the molecule is COCCNc1nccn1C(C)Cc1ccc(C)s1. The minimum Gasteiger partial charge on any atom is -0.383 e. The first-order chi connectivity index (χ1) is 9.20. The minimum atomic E-state index is 0.394. The average Bonchev–Trinajstić information content (AvgIpc) is 2.99. The van der Waals surface area contributed by atoms with Gasteiger partial charge in [0.1, 0.15) is 0 Å². The molecule has 19 heavy (non-hydrogen) atoms. The van der Waals surface area contributed by atoms with Crippen molar-refractivity contribution < 1.29 is 4.74 Å². The molecule has 4 nitrogen and oxygen atoms in total. The quantitative estimate of drug-likeness (QED) is 0.792. The molecule has 0 amide bonds. The number of aromatic nitrogens is 2. The number of ether oxygens (including phenoxy) is 1. The third-order valence-electron chi connectivity index (χ3n) is 3.03. The van der Waals surface area contributed by atoms with Gasteiger partial charge >= 0.3 is 0 Å². The topological polar surface area (TPSA) is 39.1 Å². The molecule has 0 aliphatic rings. The van der Waals surface area contributed by atoms with Gasteiger partial charge in [0.2, 0.25) is 5.95 Å². The van der Waals surface area contributed by atoms with E-state index >= 15 is 0 Å². The Morgan fingerprint density at radius 2 is 2.32 bits per heavy atom. The van der Waals surface area contributed by atoms with Crippen molar-refractivity contribution in [3.63, 3.8) is 0 Å². The zero-order chi connectivity index (χ0) is 13.7. The second-order valence-electron chi connectivity index (χ2n) is 4.64. The van der Waals surface area contributed by atoms with Crippen LogP contribution in [0.4, 0.5) is 5.95 Å². The minimum absolute atomic E-state index is 0.394. The summed E-state index contributed by atoms with van der Waals surface area (Å²) < 4.78 is 7.23. The Bertz CT molecular complexity index is 506. The van der Waals surface area contributed by atoms with Crippen LogP contribution < -0.4 is 5.32 Å². The molecule has 0 bridgehead atoms. The lowest BCUT2D eigenvalue weighted by atomic mass is 10.2. The van der Waals surface area contributed by atoms with E-state index in [2.05, 4.69) is 40.8 Å². The van der Waals surface area contributed by atoms with Crippen molar-refractivity contribution in [2.75, 3.05) is 25.6 Å². The second-order valence-corrected chi connectivity index (χ2v) is 6.02. The van der Waals surface area contributed by atoms with Crippen LogP contribution in [0.5, 0.6) is 0 Å². The standard InChI is InChI=1S/C14H21N3OS/c1-11(10-13-5-4-12(2)19-13)17-8-6-15-14(17)16-7-9-18-3/h4-6,8,11H,7,9-10H2,1-3H3,(H,15,16). The Balaban J connectivity index is 1.98. The lowest BCUT2D eigenvalue weighted by molar-refractivity contribution is 0.210. The molecule has 2 rings (SSSR count). The van der Waals surface area contributed by atoms with Crippen LogP contribution in [0, 0.1) is 6.92 Å². The normalized spacial score (nSPS) is 12.6. The highest BCUT2D eigenvalue weighted by molar-refractivity contribution is 7.11. The summed E-state index contributed by atoms with van der Waals surface area (Å²) in [5, 5.41) is 3.30. The van der Waals surface area contributed by atoms with E-state index in [1.807, 2.05) is 23.7 Å². The zero-order valence-electron chi connectivity index (χ0n) is 11.7. The van der Waals surface area contributed by atoms with Gasteiger partial charge in [-0.1, -0.05) is 0 Å². The molecule has 1 unspecified atom stereocenters. The van der Waals surface area contributed by atoms with Crippen molar-refractivity contribution in [1.82, 2.24) is 9.55 Å². The molecule has 0 spiro atoms. The molecule has 104 valence electrons. The number of hydrogen-bond donors (Lipinski definition) is 1. The van der Waals surface area contributed by atoms with Gasteiger partial charge in [-0.3, -0.25) is 0 Å². The lowest BCUT2D eigenvalue weighted by Crippen LogP contribution is -2.15. The number of nitrogens with zero attached hydrogens (tertiary/aromatic N) is 2. The van der Waals surface area contributed by atoms with Crippen molar-refractivity contribution in [1.29, 1.82) is 0 Å². The first-order valence-corrected chi connectivity index (χ1v) is 7.33. The van der Waals surface area contributed by atoms with Crippen molar-refractivity contribution in [3.8, 4) is 0 Å². The number of hydrogen-bond acceptors (Lipinski definition) is 4. The number of aryl methyl sites for hydroxylation is 1. The number of anilines is 1. The fraction of sp³-hybridized carbons (Fsp3) is 0.500. The molecular weight excluding hydrogens is 258 g/mol.